The molecule has 0 bridgehead atoms. The van der Waals surface area contributed by atoms with Crippen molar-refractivity contribution in [3.8, 4) is 23.0 Å². The number of benzene rings is 2. The minimum Gasteiger partial charge on any atom is -0.495 e. The first-order valence-electron chi connectivity index (χ1n) is 9.88. The third-order valence-electron chi connectivity index (χ3n) is 5.14. The van der Waals surface area contributed by atoms with Gasteiger partial charge in [-0.3, -0.25) is 9.59 Å². The lowest BCUT2D eigenvalue weighted by Crippen LogP contribution is -2.27. The summed E-state index contributed by atoms with van der Waals surface area (Å²) in [6.07, 6.45) is 1.48. The van der Waals surface area contributed by atoms with Crippen LogP contribution >= 0.6 is 11.6 Å². The molecule has 1 amide bonds. The Balaban J connectivity index is 1.41. The largest absolute Gasteiger partial charge is 0.495 e. The number of hydrogen-bond donors (Lipinski definition) is 0. The van der Waals surface area contributed by atoms with E-state index in [1.54, 1.807) is 12.1 Å². The van der Waals surface area contributed by atoms with E-state index in [9.17, 15) is 9.59 Å². The summed E-state index contributed by atoms with van der Waals surface area (Å²) in [5, 5.41) is 0.336. The summed E-state index contributed by atoms with van der Waals surface area (Å²) in [4.78, 5) is 31.0. The van der Waals surface area contributed by atoms with Gasteiger partial charge in [0.05, 0.1) is 30.8 Å². The van der Waals surface area contributed by atoms with Crippen LogP contribution < -0.4 is 14.4 Å². The molecule has 1 aromatic heterocycles. The van der Waals surface area contributed by atoms with Crippen LogP contribution in [0, 0.1) is 5.92 Å². The number of aromatic nitrogens is 1. The quantitative estimate of drug-likeness (QED) is 0.494. The number of anilines is 1. The van der Waals surface area contributed by atoms with E-state index in [-0.39, 0.29) is 25.5 Å². The first kappa shape index (κ1) is 21.7. The summed E-state index contributed by atoms with van der Waals surface area (Å²) < 4.78 is 21.4. The molecule has 8 nitrogen and oxygen atoms in total. The first-order chi connectivity index (χ1) is 15.5. The molecule has 0 aliphatic carbocycles. The molecule has 4 rings (SSSR count). The Bertz CT molecular complexity index is 1130. The number of halogens is 1. The Hall–Kier alpha value is -3.52. The second-order valence-corrected chi connectivity index (χ2v) is 7.59. The second kappa shape index (κ2) is 9.32. The number of carbonyl (C=O) groups excluding carboxylic acids is 2. The van der Waals surface area contributed by atoms with Crippen LogP contribution in [-0.2, 0) is 20.9 Å². The average Bonchev–Trinajstić information content (AvgIpc) is 3.44. The molecular formula is C23H21ClN2O6. The number of ether oxygens (including phenoxy) is 3. The van der Waals surface area contributed by atoms with Crippen molar-refractivity contribution in [3.05, 3.63) is 59.4 Å². The standard InChI is InChI=1S/C23H21ClN2O6/c1-29-19-10-20(30-2)18(9-17(19)24)26-11-15(8-21(26)27)23(28)32-13-16-12-31-22(25-16)14-6-4-3-5-7-14/h3-7,9-10,12,15H,8,11,13H2,1-2H3. The van der Waals surface area contributed by atoms with E-state index in [0.717, 1.165) is 5.56 Å². The smallest absolute Gasteiger partial charge is 0.311 e. The number of hydrogen-bond acceptors (Lipinski definition) is 7. The van der Waals surface area contributed by atoms with Gasteiger partial charge in [0.2, 0.25) is 11.8 Å². The zero-order valence-corrected chi connectivity index (χ0v) is 18.3. The molecular weight excluding hydrogens is 436 g/mol. The van der Waals surface area contributed by atoms with E-state index in [0.29, 0.717) is 33.8 Å². The Morgan fingerprint density at radius 2 is 1.94 bits per heavy atom. The molecule has 2 aromatic carbocycles. The van der Waals surface area contributed by atoms with Crippen molar-refractivity contribution in [1.82, 2.24) is 4.98 Å². The van der Waals surface area contributed by atoms with E-state index >= 15 is 0 Å². The zero-order chi connectivity index (χ0) is 22.7. The predicted molar refractivity (Wildman–Crippen MR) is 117 cm³/mol. The molecule has 0 spiro atoms. The molecule has 3 aromatic rings. The SMILES string of the molecule is COc1cc(OC)c(N2CC(C(=O)OCc3coc(-c4ccccc4)n3)CC2=O)cc1Cl. The Morgan fingerprint density at radius 3 is 2.66 bits per heavy atom. The van der Waals surface area contributed by atoms with Crippen molar-refractivity contribution in [2.45, 2.75) is 13.0 Å². The lowest BCUT2D eigenvalue weighted by atomic mass is 10.1. The summed E-state index contributed by atoms with van der Waals surface area (Å²) >= 11 is 6.22. The maximum Gasteiger partial charge on any atom is 0.311 e. The van der Waals surface area contributed by atoms with E-state index in [2.05, 4.69) is 4.98 Å². The highest BCUT2D eigenvalue weighted by molar-refractivity contribution is 6.32. The van der Waals surface area contributed by atoms with Crippen molar-refractivity contribution in [2.75, 3.05) is 25.7 Å². The molecule has 1 unspecified atom stereocenters. The molecule has 32 heavy (non-hydrogen) atoms. The molecule has 1 fully saturated rings. The molecule has 0 radical (unpaired) electrons. The lowest BCUT2D eigenvalue weighted by molar-refractivity contribution is -0.149. The summed E-state index contributed by atoms with van der Waals surface area (Å²) in [5.41, 5.74) is 1.79. The van der Waals surface area contributed by atoms with Gasteiger partial charge in [-0.1, -0.05) is 29.8 Å². The van der Waals surface area contributed by atoms with Gasteiger partial charge >= 0.3 is 5.97 Å². The van der Waals surface area contributed by atoms with Crippen LogP contribution in [0.4, 0.5) is 5.69 Å². The van der Waals surface area contributed by atoms with Gasteiger partial charge in [0.25, 0.3) is 0 Å². The number of oxazole rings is 1. The number of esters is 1. The van der Waals surface area contributed by atoms with Crippen molar-refractivity contribution >= 4 is 29.2 Å². The first-order valence-corrected chi connectivity index (χ1v) is 10.3. The Kier molecular flexibility index (Phi) is 6.32. The summed E-state index contributed by atoms with van der Waals surface area (Å²) in [6, 6.07) is 12.6. The van der Waals surface area contributed by atoms with Gasteiger partial charge in [-0.2, -0.15) is 0 Å². The van der Waals surface area contributed by atoms with Gasteiger partial charge in [0.15, 0.2) is 0 Å². The molecule has 1 saturated heterocycles. The van der Waals surface area contributed by atoms with E-state index in [4.69, 9.17) is 30.2 Å². The summed E-state index contributed by atoms with van der Waals surface area (Å²) in [7, 11) is 2.98. The van der Waals surface area contributed by atoms with Crippen molar-refractivity contribution in [2.24, 2.45) is 5.92 Å². The average molecular weight is 457 g/mol. The van der Waals surface area contributed by atoms with Crippen molar-refractivity contribution in [3.63, 3.8) is 0 Å². The lowest BCUT2D eigenvalue weighted by Gasteiger charge is -2.20. The highest BCUT2D eigenvalue weighted by atomic mass is 35.5. The van der Waals surface area contributed by atoms with Crippen molar-refractivity contribution < 1.29 is 28.2 Å². The van der Waals surface area contributed by atoms with Gasteiger partial charge in [-0.25, -0.2) is 4.98 Å². The zero-order valence-electron chi connectivity index (χ0n) is 17.5. The van der Waals surface area contributed by atoms with Gasteiger partial charge in [0, 0.05) is 24.6 Å². The van der Waals surface area contributed by atoms with Crippen molar-refractivity contribution in [1.29, 1.82) is 0 Å². The summed E-state index contributed by atoms with van der Waals surface area (Å²) in [5.74, 6) is -0.0269. The maximum atomic E-state index is 12.6. The molecule has 1 aliphatic rings. The van der Waals surface area contributed by atoms with Crippen LogP contribution in [0.25, 0.3) is 11.5 Å². The highest BCUT2D eigenvalue weighted by Gasteiger charge is 2.37. The van der Waals surface area contributed by atoms with E-state index < -0.39 is 11.9 Å². The van der Waals surface area contributed by atoms with Gasteiger partial charge in [0.1, 0.15) is 30.1 Å². The molecule has 1 atom stereocenters. The number of amides is 1. The topological polar surface area (TPSA) is 91.1 Å². The molecule has 2 heterocycles. The van der Waals surface area contributed by atoms with Crippen LogP contribution in [-0.4, -0.2) is 37.6 Å². The number of nitrogens with zero attached hydrogens (tertiary/aromatic N) is 2. The fraction of sp³-hybridized carbons (Fsp3) is 0.261. The van der Waals surface area contributed by atoms with Gasteiger partial charge in [-0.15, -0.1) is 0 Å². The number of methoxy groups -OCH3 is 2. The van der Waals surface area contributed by atoms with Crippen LogP contribution in [0.3, 0.4) is 0 Å². The summed E-state index contributed by atoms with van der Waals surface area (Å²) in [6.45, 7) is 0.113. The Labute approximate surface area is 189 Å². The monoisotopic (exact) mass is 456 g/mol. The molecule has 9 heteroatoms. The predicted octanol–water partition coefficient (Wildman–Crippen LogP) is 4.11. The van der Waals surface area contributed by atoms with E-state index in [1.165, 1.54) is 25.4 Å². The molecule has 1 aliphatic heterocycles. The number of rotatable bonds is 7. The Morgan fingerprint density at radius 1 is 1.19 bits per heavy atom. The van der Waals surface area contributed by atoms with Crippen LogP contribution in [0.15, 0.2) is 53.1 Å². The highest BCUT2D eigenvalue weighted by Crippen LogP contribution is 2.40. The maximum absolute atomic E-state index is 12.6. The molecule has 0 saturated carbocycles. The van der Waals surface area contributed by atoms with Crippen LogP contribution in [0.1, 0.15) is 12.1 Å². The minimum atomic E-state index is -0.617. The van der Waals surface area contributed by atoms with Crippen LogP contribution in [0.5, 0.6) is 11.5 Å². The fourth-order valence-corrected chi connectivity index (χ4v) is 3.74. The second-order valence-electron chi connectivity index (χ2n) is 7.18. The van der Waals surface area contributed by atoms with E-state index in [1.807, 2.05) is 30.3 Å². The van der Waals surface area contributed by atoms with Gasteiger partial charge < -0.3 is 23.5 Å². The van der Waals surface area contributed by atoms with Gasteiger partial charge in [-0.05, 0) is 18.2 Å². The minimum absolute atomic E-state index is 0.0275. The molecule has 166 valence electrons. The van der Waals surface area contributed by atoms with Crippen LogP contribution in [0.2, 0.25) is 5.02 Å². The fourth-order valence-electron chi connectivity index (χ4n) is 3.50. The third-order valence-corrected chi connectivity index (χ3v) is 5.43. The normalized spacial score (nSPS) is 15.7. The third kappa shape index (κ3) is 4.40. The molecule has 0 N–H and O–H groups in total. The number of carbonyl (C=O) groups is 2.